The van der Waals surface area contributed by atoms with Gasteiger partial charge in [0.05, 0.1) is 0 Å². The number of hydrogen-bond acceptors (Lipinski definition) is 5. The number of aryl methyl sites for hydroxylation is 1. The van der Waals surface area contributed by atoms with Crippen LogP contribution in [0, 0.1) is 6.92 Å². The summed E-state index contributed by atoms with van der Waals surface area (Å²) < 4.78 is 0. The van der Waals surface area contributed by atoms with Crippen molar-refractivity contribution in [1.29, 1.82) is 0 Å². The van der Waals surface area contributed by atoms with Crippen molar-refractivity contribution in [3.8, 4) is 0 Å². The first-order valence-electron chi connectivity index (χ1n) is 9.21. The molecule has 1 aliphatic heterocycles. The number of aliphatic carboxylic acids is 1. The molecule has 27 heavy (non-hydrogen) atoms. The molecule has 140 valence electrons. The average molecular weight is 365 g/mol. The number of fused-ring (bicyclic) bond motifs is 1. The molecule has 0 spiro atoms. The predicted octanol–water partition coefficient (Wildman–Crippen LogP) is 2.60. The van der Waals surface area contributed by atoms with Crippen LogP contribution < -0.4 is 4.90 Å². The minimum Gasteiger partial charge on any atom is -0.480 e. The van der Waals surface area contributed by atoms with Gasteiger partial charge in [-0.05, 0) is 25.5 Å². The topological polar surface area (TPSA) is 85.4 Å². The number of anilines is 1. The van der Waals surface area contributed by atoms with Crippen molar-refractivity contribution in [1.82, 2.24) is 19.9 Å². The van der Waals surface area contributed by atoms with E-state index in [1.54, 1.807) is 18.5 Å². The van der Waals surface area contributed by atoms with Crippen molar-refractivity contribution in [2.24, 2.45) is 0 Å². The maximum atomic E-state index is 12.3. The van der Waals surface area contributed by atoms with Gasteiger partial charge in [-0.1, -0.05) is 18.2 Å². The molecular formula is C20H23N5O2. The molecule has 3 aromatic rings. The lowest BCUT2D eigenvalue weighted by atomic mass is 10.0. The predicted molar refractivity (Wildman–Crippen MR) is 104 cm³/mol. The summed E-state index contributed by atoms with van der Waals surface area (Å²) in [6, 6.07) is 9.02. The zero-order chi connectivity index (χ0) is 18.8. The fraction of sp³-hybridized carbons (Fsp3) is 0.350. The molecule has 2 N–H and O–H groups in total. The van der Waals surface area contributed by atoms with E-state index >= 15 is 0 Å². The lowest BCUT2D eigenvalue weighted by molar-refractivity contribution is -0.143. The third-order valence-corrected chi connectivity index (χ3v) is 5.18. The number of benzene rings is 1. The number of carbonyl (C=O) groups is 1. The zero-order valence-electron chi connectivity index (χ0n) is 15.3. The van der Waals surface area contributed by atoms with Crippen molar-refractivity contribution in [2.45, 2.75) is 19.4 Å². The molecule has 1 fully saturated rings. The fourth-order valence-corrected chi connectivity index (χ4v) is 3.96. The molecule has 0 amide bonds. The van der Waals surface area contributed by atoms with E-state index in [0.717, 1.165) is 41.7 Å². The normalized spacial score (nSPS) is 17.0. The summed E-state index contributed by atoms with van der Waals surface area (Å²) >= 11 is 0. The molecule has 0 saturated carbocycles. The maximum absolute atomic E-state index is 12.3. The second-order valence-electron chi connectivity index (χ2n) is 6.88. The lowest BCUT2D eigenvalue weighted by Gasteiger charge is -2.28. The first kappa shape index (κ1) is 17.5. The summed E-state index contributed by atoms with van der Waals surface area (Å²) in [5, 5.41) is 11.0. The minimum absolute atomic E-state index is 0.647. The van der Waals surface area contributed by atoms with E-state index in [4.69, 9.17) is 0 Å². The van der Waals surface area contributed by atoms with Crippen LogP contribution >= 0.6 is 0 Å². The van der Waals surface area contributed by atoms with E-state index in [1.807, 2.05) is 31.2 Å². The van der Waals surface area contributed by atoms with Crippen LogP contribution in [0.25, 0.3) is 10.9 Å². The number of aromatic amines is 1. The minimum atomic E-state index is -0.813. The SMILES string of the molecule is Cc1[nH]c2ccccc2c1[C@H](C(=O)O)N1CCCN(c2ncccn2)CC1. The average Bonchev–Trinajstić information content (AvgIpc) is 2.84. The Morgan fingerprint density at radius 1 is 1.11 bits per heavy atom. The van der Waals surface area contributed by atoms with Crippen LogP contribution in [0.2, 0.25) is 0 Å². The van der Waals surface area contributed by atoms with Crippen LogP contribution in [0.15, 0.2) is 42.7 Å². The van der Waals surface area contributed by atoms with Crippen molar-refractivity contribution in [3.05, 3.63) is 54.0 Å². The van der Waals surface area contributed by atoms with Crippen molar-refractivity contribution >= 4 is 22.8 Å². The second kappa shape index (κ2) is 7.36. The molecule has 0 radical (unpaired) electrons. The van der Waals surface area contributed by atoms with Gasteiger partial charge in [-0.25, -0.2) is 9.97 Å². The highest BCUT2D eigenvalue weighted by molar-refractivity contribution is 5.90. The number of H-pyrrole nitrogens is 1. The second-order valence-corrected chi connectivity index (χ2v) is 6.88. The zero-order valence-corrected chi connectivity index (χ0v) is 15.3. The van der Waals surface area contributed by atoms with Crippen LogP contribution in [0.4, 0.5) is 5.95 Å². The Morgan fingerprint density at radius 2 is 1.89 bits per heavy atom. The van der Waals surface area contributed by atoms with E-state index < -0.39 is 12.0 Å². The molecule has 7 nitrogen and oxygen atoms in total. The van der Waals surface area contributed by atoms with Crippen molar-refractivity contribution in [2.75, 3.05) is 31.1 Å². The van der Waals surface area contributed by atoms with Gasteiger partial charge in [-0.2, -0.15) is 0 Å². The van der Waals surface area contributed by atoms with E-state index in [0.29, 0.717) is 19.0 Å². The van der Waals surface area contributed by atoms with Crippen LogP contribution in [0.3, 0.4) is 0 Å². The summed E-state index contributed by atoms with van der Waals surface area (Å²) in [6.07, 6.45) is 4.34. The molecule has 0 bridgehead atoms. The standard InChI is InChI=1S/C20H23N5O2/c1-14-17(15-6-2-3-7-16(15)23-14)18(19(26)27)24-10-5-11-25(13-12-24)20-21-8-4-9-22-20/h2-4,6-9,18,23H,5,10-13H2,1H3,(H,26,27)/t18-/m1/s1. The van der Waals surface area contributed by atoms with Gasteiger partial charge in [0.25, 0.3) is 0 Å². The van der Waals surface area contributed by atoms with E-state index in [9.17, 15) is 9.90 Å². The number of para-hydroxylation sites is 1. The highest BCUT2D eigenvalue weighted by Crippen LogP contribution is 2.32. The summed E-state index contributed by atoms with van der Waals surface area (Å²) in [5.41, 5.74) is 2.75. The number of hydrogen-bond donors (Lipinski definition) is 2. The van der Waals surface area contributed by atoms with Crippen LogP contribution in [-0.2, 0) is 4.79 Å². The molecule has 1 aliphatic rings. The first-order chi connectivity index (χ1) is 13.1. The Morgan fingerprint density at radius 3 is 2.67 bits per heavy atom. The fourth-order valence-electron chi connectivity index (χ4n) is 3.96. The first-order valence-corrected chi connectivity index (χ1v) is 9.21. The molecular weight excluding hydrogens is 342 g/mol. The van der Waals surface area contributed by atoms with Gasteiger partial charge in [0.2, 0.25) is 5.95 Å². The van der Waals surface area contributed by atoms with Gasteiger partial charge in [-0.15, -0.1) is 0 Å². The maximum Gasteiger partial charge on any atom is 0.325 e. The Balaban J connectivity index is 1.63. The molecule has 4 rings (SSSR count). The Bertz CT molecular complexity index is 940. The summed E-state index contributed by atoms with van der Waals surface area (Å²) in [5.74, 6) is -0.109. The molecule has 2 aromatic heterocycles. The monoisotopic (exact) mass is 365 g/mol. The number of nitrogens with one attached hydrogen (secondary N) is 1. The highest BCUT2D eigenvalue weighted by atomic mass is 16.4. The Hall–Kier alpha value is -2.93. The van der Waals surface area contributed by atoms with Gasteiger partial charge in [-0.3, -0.25) is 9.69 Å². The van der Waals surface area contributed by atoms with Crippen LogP contribution in [0.5, 0.6) is 0 Å². The largest absolute Gasteiger partial charge is 0.480 e. The molecule has 1 atom stereocenters. The smallest absolute Gasteiger partial charge is 0.325 e. The van der Waals surface area contributed by atoms with Gasteiger partial charge in [0.15, 0.2) is 0 Å². The summed E-state index contributed by atoms with van der Waals surface area (Å²) in [4.78, 5) is 28.4. The molecule has 1 saturated heterocycles. The third kappa shape index (κ3) is 3.38. The van der Waals surface area contributed by atoms with E-state index in [1.165, 1.54) is 0 Å². The Kier molecular flexibility index (Phi) is 4.77. The summed E-state index contributed by atoms with van der Waals surface area (Å²) in [6.45, 7) is 4.84. The molecule has 7 heteroatoms. The quantitative estimate of drug-likeness (QED) is 0.739. The van der Waals surface area contributed by atoms with Crippen molar-refractivity contribution in [3.63, 3.8) is 0 Å². The lowest BCUT2D eigenvalue weighted by Crippen LogP contribution is -2.37. The third-order valence-electron chi connectivity index (χ3n) is 5.18. The van der Waals surface area contributed by atoms with E-state index in [2.05, 4.69) is 24.8 Å². The Labute approximate surface area is 157 Å². The van der Waals surface area contributed by atoms with Crippen LogP contribution in [0.1, 0.15) is 23.7 Å². The molecule has 0 aliphatic carbocycles. The number of aromatic nitrogens is 3. The number of carboxylic acids is 1. The highest BCUT2D eigenvalue weighted by Gasteiger charge is 2.32. The van der Waals surface area contributed by atoms with Gasteiger partial charge >= 0.3 is 5.97 Å². The number of nitrogens with zero attached hydrogens (tertiary/aromatic N) is 4. The molecule has 0 unspecified atom stereocenters. The van der Waals surface area contributed by atoms with Crippen molar-refractivity contribution < 1.29 is 9.90 Å². The van der Waals surface area contributed by atoms with Gasteiger partial charge in [0, 0.05) is 60.7 Å². The molecule has 3 heterocycles. The van der Waals surface area contributed by atoms with E-state index in [-0.39, 0.29) is 0 Å². The number of carboxylic acid groups (broad SMARTS) is 1. The van der Waals surface area contributed by atoms with Gasteiger partial charge < -0.3 is 15.0 Å². The number of rotatable bonds is 4. The molecule has 1 aromatic carbocycles. The van der Waals surface area contributed by atoms with Crippen LogP contribution in [-0.4, -0.2) is 57.1 Å². The van der Waals surface area contributed by atoms with Gasteiger partial charge in [0.1, 0.15) is 6.04 Å². The summed E-state index contributed by atoms with van der Waals surface area (Å²) in [7, 11) is 0.